The van der Waals surface area contributed by atoms with Gasteiger partial charge in [0.05, 0.1) is 4.92 Å². The lowest BCUT2D eigenvalue weighted by atomic mass is 10.2. The molecule has 0 amide bonds. The molecule has 1 aromatic rings. The highest BCUT2D eigenvalue weighted by Gasteiger charge is 2.25. The molecule has 0 aliphatic carbocycles. The van der Waals surface area contributed by atoms with Crippen LogP contribution >= 0.6 is 11.8 Å². The Balaban J connectivity index is 2.34. The lowest BCUT2D eigenvalue weighted by molar-refractivity contribution is -0.384. The van der Waals surface area contributed by atoms with E-state index in [1.54, 1.807) is 11.8 Å². The number of nitrogens with one attached hydrogen (secondary N) is 1. The van der Waals surface area contributed by atoms with Crippen LogP contribution in [0.3, 0.4) is 0 Å². The molecule has 4 nitrogen and oxygen atoms in total. The van der Waals surface area contributed by atoms with Crippen molar-refractivity contribution in [3.8, 4) is 0 Å². The van der Waals surface area contributed by atoms with Crippen LogP contribution in [0.2, 0.25) is 0 Å². The Bertz CT molecular complexity index is 450. The zero-order chi connectivity index (χ0) is 12.4. The van der Waals surface area contributed by atoms with Gasteiger partial charge in [-0.15, -0.1) is 0 Å². The van der Waals surface area contributed by atoms with Crippen molar-refractivity contribution in [3.63, 3.8) is 0 Å². The van der Waals surface area contributed by atoms with Crippen LogP contribution in [0.1, 0.15) is 6.42 Å². The maximum Gasteiger partial charge on any atom is 0.295 e. The number of thioether (sulfide) groups is 1. The average molecular weight is 260 g/mol. The lowest BCUT2D eigenvalue weighted by Gasteiger charge is -2.13. The fourth-order valence-corrected chi connectivity index (χ4v) is 2.83. The molecule has 1 unspecified atom stereocenters. The molecule has 2 rings (SSSR count). The van der Waals surface area contributed by atoms with E-state index >= 15 is 0 Å². The second-order valence-corrected chi connectivity index (χ2v) is 4.87. The number of hydrogen-bond donors (Lipinski definition) is 1. The molecule has 7 heteroatoms. The van der Waals surface area contributed by atoms with Crippen molar-refractivity contribution in [2.45, 2.75) is 12.5 Å². The van der Waals surface area contributed by atoms with Crippen molar-refractivity contribution in [3.05, 3.63) is 33.9 Å². The van der Waals surface area contributed by atoms with Gasteiger partial charge in [0.1, 0.15) is 0 Å². The number of nitrogens with zero attached hydrogens (tertiary/aromatic N) is 1. The Labute approximate surface area is 101 Å². The highest BCUT2D eigenvalue weighted by atomic mass is 32.2. The van der Waals surface area contributed by atoms with Gasteiger partial charge in [-0.25, -0.2) is 8.78 Å². The minimum Gasteiger partial charge on any atom is -0.373 e. The average Bonchev–Trinajstić information content (AvgIpc) is 2.77. The molecular weight excluding hydrogens is 250 g/mol. The molecule has 1 N–H and O–H groups in total. The summed E-state index contributed by atoms with van der Waals surface area (Å²) in [4.78, 5) is 10.0. The molecule has 17 heavy (non-hydrogen) atoms. The molecule has 0 saturated carbocycles. The zero-order valence-corrected chi connectivity index (χ0v) is 9.60. The van der Waals surface area contributed by atoms with Gasteiger partial charge in [-0.3, -0.25) is 10.1 Å². The Morgan fingerprint density at radius 2 is 2.24 bits per heavy atom. The van der Waals surface area contributed by atoms with Gasteiger partial charge < -0.3 is 5.32 Å². The van der Waals surface area contributed by atoms with E-state index in [0.29, 0.717) is 0 Å². The second kappa shape index (κ2) is 4.87. The van der Waals surface area contributed by atoms with Crippen LogP contribution in [-0.4, -0.2) is 22.5 Å². The predicted octanol–water partition coefficient (Wildman–Crippen LogP) is 2.79. The zero-order valence-electron chi connectivity index (χ0n) is 8.78. The summed E-state index contributed by atoms with van der Waals surface area (Å²) >= 11 is 1.68. The fourth-order valence-electron chi connectivity index (χ4n) is 1.68. The lowest BCUT2D eigenvalue weighted by Crippen LogP contribution is -2.20. The van der Waals surface area contributed by atoms with Crippen molar-refractivity contribution in [1.82, 2.24) is 0 Å². The SMILES string of the molecule is O=[N+]([O-])c1ccc(F)c(F)c1NC1CCSC1. The summed E-state index contributed by atoms with van der Waals surface area (Å²) in [6.45, 7) is 0. The van der Waals surface area contributed by atoms with Gasteiger partial charge in [0, 0.05) is 17.9 Å². The van der Waals surface area contributed by atoms with Crippen LogP contribution in [-0.2, 0) is 0 Å². The number of halogens is 2. The van der Waals surface area contributed by atoms with Gasteiger partial charge in [-0.05, 0) is 18.2 Å². The quantitative estimate of drug-likeness (QED) is 0.670. The van der Waals surface area contributed by atoms with Crippen molar-refractivity contribution >= 4 is 23.1 Å². The van der Waals surface area contributed by atoms with E-state index in [9.17, 15) is 18.9 Å². The maximum absolute atomic E-state index is 13.5. The molecule has 0 aromatic heterocycles. The van der Waals surface area contributed by atoms with E-state index in [2.05, 4.69) is 5.32 Å². The van der Waals surface area contributed by atoms with Crippen LogP contribution in [0.25, 0.3) is 0 Å². The van der Waals surface area contributed by atoms with Crippen molar-refractivity contribution in [1.29, 1.82) is 0 Å². The van der Waals surface area contributed by atoms with Crippen molar-refractivity contribution < 1.29 is 13.7 Å². The molecule has 92 valence electrons. The predicted molar refractivity (Wildman–Crippen MR) is 62.4 cm³/mol. The van der Waals surface area contributed by atoms with E-state index in [-0.39, 0.29) is 11.7 Å². The van der Waals surface area contributed by atoms with E-state index in [4.69, 9.17) is 0 Å². The Morgan fingerprint density at radius 1 is 1.47 bits per heavy atom. The van der Waals surface area contributed by atoms with Gasteiger partial charge in [0.25, 0.3) is 5.69 Å². The van der Waals surface area contributed by atoms with Crippen molar-refractivity contribution in [2.24, 2.45) is 0 Å². The summed E-state index contributed by atoms with van der Waals surface area (Å²) in [6.07, 6.45) is 0.789. The summed E-state index contributed by atoms with van der Waals surface area (Å²) in [6, 6.07) is 1.69. The number of hydrogen-bond acceptors (Lipinski definition) is 4. The molecule has 0 radical (unpaired) electrons. The first-order valence-electron chi connectivity index (χ1n) is 5.06. The third kappa shape index (κ3) is 2.49. The molecule has 1 aliphatic rings. The monoisotopic (exact) mass is 260 g/mol. The van der Waals surface area contributed by atoms with Crippen LogP contribution in [0.15, 0.2) is 12.1 Å². The van der Waals surface area contributed by atoms with Crippen LogP contribution in [0.4, 0.5) is 20.2 Å². The number of anilines is 1. The fraction of sp³-hybridized carbons (Fsp3) is 0.400. The number of nitro groups is 1. The van der Waals surface area contributed by atoms with Gasteiger partial charge in [-0.2, -0.15) is 11.8 Å². The molecule has 0 bridgehead atoms. The van der Waals surface area contributed by atoms with Crippen LogP contribution in [0, 0.1) is 21.7 Å². The normalized spacial score (nSPS) is 19.3. The first kappa shape index (κ1) is 12.1. The van der Waals surface area contributed by atoms with Gasteiger partial charge in [-0.1, -0.05) is 0 Å². The molecule has 1 heterocycles. The maximum atomic E-state index is 13.5. The van der Waals surface area contributed by atoms with Crippen molar-refractivity contribution in [2.75, 3.05) is 16.8 Å². The van der Waals surface area contributed by atoms with Gasteiger partial charge in [0.2, 0.25) is 0 Å². The van der Waals surface area contributed by atoms with Gasteiger partial charge in [0.15, 0.2) is 17.3 Å². The summed E-state index contributed by atoms with van der Waals surface area (Å²) in [5, 5.41) is 13.5. The highest BCUT2D eigenvalue weighted by molar-refractivity contribution is 7.99. The van der Waals surface area contributed by atoms with E-state index in [1.165, 1.54) is 0 Å². The third-order valence-corrected chi connectivity index (χ3v) is 3.71. The Kier molecular flexibility index (Phi) is 3.46. The summed E-state index contributed by atoms with van der Waals surface area (Å²) in [5.74, 6) is -0.602. The standard InChI is InChI=1S/C10H10F2N2O2S/c11-7-1-2-8(14(15)16)10(9(7)12)13-6-3-4-17-5-6/h1-2,6,13H,3-5H2. The van der Waals surface area contributed by atoms with E-state index in [1.807, 2.05) is 0 Å². The molecule has 1 atom stereocenters. The summed E-state index contributed by atoms with van der Waals surface area (Å²) < 4.78 is 26.6. The van der Waals surface area contributed by atoms with E-state index < -0.39 is 22.2 Å². The van der Waals surface area contributed by atoms with Crippen LogP contribution < -0.4 is 5.32 Å². The highest BCUT2D eigenvalue weighted by Crippen LogP contribution is 2.31. The largest absolute Gasteiger partial charge is 0.373 e. The molecule has 1 aliphatic heterocycles. The summed E-state index contributed by atoms with van der Waals surface area (Å²) in [5.41, 5.74) is -0.775. The summed E-state index contributed by atoms with van der Waals surface area (Å²) in [7, 11) is 0. The number of nitro benzene ring substituents is 1. The van der Waals surface area contributed by atoms with Gasteiger partial charge >= 0.3 is 0 Å². The smallest absolute Gasteiger partial charge is 0.295 e. The first-order valence-corrected chi connectivity index (χ1v) is 6.21. The third-order valence-electron chi connectivity index (χ3n) is 2.55. The number of rotatable bonds is 3. The Morgan fingerprint density at radius 3 is 2.82 bits per heavy atom. The minimum absolute atomic E-state index is 0.0463. The van der Waals surface area contributed by atoms with Crippen LogP contribution in [0.5, 0.6) is 0 Å². The minimum atomic E-state index is -1.18. The molecule has 0 spiro atoms. The second-order valence-electron chi connectivity index (χ2n) is 3.72. The number of benzene rings is 1. The molecule has 1 fully saturated rings. The Hall–Kier alpha value is -1.37. The molecular formula is C10H10F2N2O2S. The molecule has 1 aromatic carbocycles. The first-order chi connectivity index (χ1) is 8.09. The van der Waals surface area contributed by atoms with E-state index in [0.717, 1.165) is 30.1 Å². The molecule has 1 saturated heterocycles. The topological polar surface area (TPSA) is 55.2 Å².